The van der Waals surface area contributed by atoms with Crippen LogP contribution in [0.1, 0.15) is 22.6 Å². The number of aromatic nitrogens is 4. The lowest BCUT2D eigenvalue weighted by molar-refractivity contribution is 0.387. The second kappa shape index (κ2) is 7.23. The van der Waals surface area contributed by atoms with Crippen LogP contribution in [-0.2, 0) is 23.0 Å². The molecule has 0 atom stereocenters. The average molecular weight is 413 g/mol. The molecular weight excluding hydrogens is 398 g/mol. The van der Waals surface area contributed by atoms with Gasteiger partial charge in [-0.3, -0.25) is 0 Å². The van der Waals surface area contributed by atoms with Crippen LogP contribution in [-0.4, -0.2) is 38.6 Å². The summed E-state index contributed by atoms with van der Waals surface area (Å²) in [7, 11) is -3.83. The molecule has 0 aliphatic carbocycles. The molecule has 142 valence electrons. The molecule has 0 radical (unpaired) electrons. The zero-order valence-corrected chi connectivity index (χ0v) is 16.5. The second-order valence-corrected chi connectivity index (χ2v) is 8.77. The predicted molar refractivity (Wildman–Crippen MR) is 102 cm³/mol. The topological polar surface area (TPSA) is 125 Å². The number of fused-ring (bicyclic) bond motifs is 1. The normalized spacial score (nSPS) is 14.3. The van der Waals surface area contributed by atoms with E-state index in [1.807, 2.05) is 6.07 Å². The van der Waals surface area contributed by atoms with Gasteiger partial charge in [0.25, 0.3) is 0 Å². The quantitative estimate of drug-likeness (QED) is 0.688. The minimum atomic E-state index is -3.83. The molecular formula is C17H15N7O2S2. The van der Waals surface area contributed by atoms with Crippen LogP contribution in [0.25, 0.3) is 0 Å². The highest BCUT2D eigenvalue weighted by molar-refractivity contribution is 7.89. The van der Waals surface area contributed by atoms with Crippen LogP contribution in [0.5, 0.6) is 0 Å². The minimum absolute atomic E-state index is 0.00653. The number of benzene rings is 1. The Hall–Kier alpha value is -2.94. The molecule has 0 fully saturated rings. The maximum absolute atomic E-state index is 13.1. The number of nitriles is 1. The number of nitrogens with zero attached hydrogens (tertiary/aromatic N) is 6. The molecule has 3 aromatic rings. The van der Waals surface area contributed by atoms with Crippen LogP contribution >= 0.6 is 11.5 Å². The van der Waals surface area contributed by atoms with E-state index in [0.717, 1.165) is 5.69 Å². The first-order valence-electron chi connectivity index (χ1n) is 8.38. The predicted octanol–water partition coefficient (Wildman–Crippen LogP) is 2.00. The molecule has 1 aliphatic rings. The number of sulfonamides is 1. The molecule has 0 unspecified atom stereocenters. The summed E-state index contributed by atoms with van der Waals surface area (Å²) < 4.78 is 31.8. The average Bonchev–Trinajstić information content (AvgIpc) is 3.12. The lowest BCUT2D eigenvalue weighted by Crippen LogP contribution is -2.37. The lowest BCUT2D eigenvalue weighted by Gasteiger charge is -2.28. The molecule has 1 aliphatic heterocycles. The van der Waals surface area contributed by atoms with Crippen molar-refractivity contribution in [2.45, 2.75) is 24.8 Å². The summed E-state index contributed by atoms with van der Waals surface area (Å²) >= 11 is 1.20. The van der Waals surface area contributed by atoms with E-state index in [0.29, 0.717) is 28.8 Å². The highest BCUT2D eigenvalue weighted by Crippen LogP contribution is 2.30. The van der Waals surface area contributed by atoms with Crippen molar-refractivity contribution in [2.24, 2.45) is 0 Å². The maximum Gasteiger partial charge on any atom is 0.244 e. The molecule has 0 bridgehead atoms. The van der Waals surface area contributed by atoms with Crippen molar-refractivity contribution in [3.8, 4) is 6.07 Å². The van der Waals surface area contributed by atoms with Gasteiger partial charge in [0, 0.05) is 36.6 Å². The van der Waals surface area contributed by atoms with Crippen LogP contribution in [0, 0.1) is 18.3 Å². The number of rotatable bonds is 4. The SMILES string of the molecule is Cc1nsc(Nc2ncnc3c2CN(S(=O)(=O)c2ccccc2C#N)CC3)n1. The Morgan fingerprint density at radius 3 is 2.86 bits per heavy atom. The van der Waals surface area contributed by atoms with E-state index in [1.54, 1.807) is 19.1 Å². The molecule has 0 saturated carbocycles. The summed E-state index contributed by atoms with van der Waals surface area (Å²) in [6.45, 7) is 2.18. The minimum Gasteiger partial charge on any atom is -0.315 e. The van der Waals surface area contributed by atoms with E-state index in [-0.39, 0.29) is 23.5 Å². The van der Waals surface area contributed by atoms with Gasteiger partial charge in [0.2, 0.25) is 15.2 Å². The fourth-order valence-corrected chi connectivity index (χ4v) is 5.13. The maximum atomic E-state index is 13.1. The zero-order chi connectivity index (χ0) is 19.7. The largest absolute Gasteiger partial charge is 0.315 e. The van der Waals surface area contributed by atoms with Crippen molar-refractivity contribution >= 4 is 32.5 Å². The van der Waals surface area contributed by atoms with E-state index in [9.17, 15) is 13.7 Å². The third kappa shape index (κ3) is 3.33. The molecule has 28 heavy (non-hydrogen) atoms. The van der Waals surface area contributed by atoms with Gasteiger partial charge in [0.15, 0.2) is 0 Å². The van der Waals surface area contributed by atoms with Gasteiger partial charge >= 0.3 is 0 Å². The number of hydrogen-bond donors (Lipinski definition) is 1. The van der Waals surface area contributed by atoms with Gasteiger partial charge < -0.3 is 5.32 Å². The molecule has 0 amide bonds. The number of nitrogens with one attached hydrogen (secondary N) is 1. The van der Waals surface area contributed by atoms with Crippen molar-refractivity contribution in [3.05, 3.63) is 53.2 Å². The van der Waals surface area contributed by atoms with Crippen molar-refractivity contribution in [2.75, 3.05) is 11.9 Å². The van der Waals surface area contributed by atoms with Crippen LogP contribution in [0.4, 0.5) is 10.9 Å². The van der Waals surface area contributed by atoms with E-state index < -0.39 is 10.0 Å². The Morgan fingerprint density at radius 2 is 2.11 bits per heavy atom. The van der Waals surface area contributed by atoms with Crippen molar-refractivity contribution < 1.29 is 8.42 Å². The smallest absolute Gasteiger partial charge is 0.244 e. The molecule has 0 saturated heterocycles. The Morgan fingerprint density at radius 1 is 1.29 bits per heavy atom. The third-order valence-corrected chi connectivity index (χ3v) is 6.97. The Kier molecular flexibility index (Phi) is 4.76. The van der Waals surface area contributed by atoms with Crippen LogP contribution < -0.4 is 5.32 Å². The Balaban J connectivity index is 1.68. The first kappa shape index (κ1) is 18.4. The van der Waals surface area contributed by atoms with Gasteiger partial charge in [0.1, 0.15) is 24.0 Å². The summed E-state index contributed by atoms with van der Waals surface area (Å²) in [4.78, 5) is 12.8. The molecule has 1 N–H and O–H groups in total. The Labute approximate surface area is 165 Å². The molecule has 3 heterocycles. The monoisotopic (exact) mass is 413 g/mol. The number of hydrogen-bond acceptors (Lipinski definition) is 9. The summed E-state index contributed by atoms with van der Waals surface area (Å²) in [5.74, 6) is 1.15. The van der Waals surface area contributed by atoms with Gasteiger partial charge in [-0.25, -0.2) is 23.4 Å². The van der Waals surface area contributed by atoms with Gasteiger partial charge in [-0.1, -0.05) is 12.1 Å². The Bertz CT molecular complexity index is 1180. The number of aryl methyl sites for hydroxylation is 1. The molecule has 2 aromatic heterocycles. The first-order chi connectivity index (χ1) is 13.5. The lowest BCUT2D eigenvalue weighted by atomic mass is 10.1. The van der Waals surface area contributed by atoms with Gasteiger partial charge in [-0.15, -0.1) is 0 Å². The van der Waals surface area contributed by atoms with Crippen LogP contribution in [0.2, 0.25) is 0 Å². The molecule has 0 spiro atoms. The number of anilines is 2. The second-order valence-electron chi connectivity index (χ2n) is 6.12. The van der Waals surface area contributed by atoms with Crippen molar-refractivity contribution in [3.63, 3.8) is 0 Å². The van der Waals surface area contributed by atoms with Gasteiger partial charge in [0.05, 0.1) is 16.2 Å². The molecule has 1 aromatic carbocycles. The van der Waals surface area contributed by atoms with E-state index in [2.05, 4.69) is 24.6 Å². The van der Waals surface area contributed by atoms with E-state index >= 15 is 0 Å². The molecule has 11 heteroatoms. The van der Waals surface area contributed by atoms with Crippen LogP contribution in [0.15, 0.2) is 35.5 Å². The summed E-state index contributed by atoms with van der Waals surface area (Å²) in [5.41, 5.74) is 1.61. The third-order valence-electron chi connectivity index (χ3n) is 4.35. The van der Waals surface area contributed by atoms with Crippen molar-refractivity contribution in [1.82, 2.24) is 23.6 Å². The fraction of sp³-hybridized carbons (Fsp3) is 0.235. The van der Waals surface area contributed by atoms with Gasteiger partial charge in [-0.2, -0.15) is 13.9 Å². The molecule has 9 nitrogen and oxygen atoms in total. The first-order valence-corrected chi connectivity index (χ1v) is 10.6. The van der Waals surface area contributed by atoms with Crippen molar-refractivity contribution in [1.29, 1.82) is 5.26 Å². The highest BCUT2D eigenvalue weighted by Gasteiger charge is 2.32. The van der Waals surface area contributed by atoms with Gasteiger partial charge in [-0.05, 0) is 19.1 Å². The highest BCUT2D eigenvalue weighted by atomic mass is 32.2. The summed E-state index contributed by atoms with van der Waals surface area (Å²) in [6.07, 6.45) is 1.90. The van der Waals surface area contributed by atoms with Crippen LogP contribution in [0.3, 0.4) is 0 Å². The molecule has 4 rings (SSSR count). The standard InChI is InChI=1S/C17H15N7O2S2/c1-11-21-17(27-23-11)22-16-13-9-24(7-6-14(13)19-10-20-16)28(25,26)15-5-3-2-4-12(15)8-18/h2-5,10H,6-7,9H2,1H3,(H,19,20,21,22,23). The fourth-order valence-electron chi connectivity index (χ4n) is 3.00. The summed E-state index contributed by atoms with van der Waals surface area (Å²) in [6, 6.07) is 8.15. The van der Waals surface area contributed by atoms with E-state index in [4.69, 9.17) is 0 Å². The zero-order valence-electron chi connectivity index (χ0n) is 14.8. The van der Waals surface area contributed by atoms with E-state index in [1.165, 1.54) is 34.3 Å². The summed E-state index contributed by atoms with van der Waals surface area (Å²) in [5, 5.41) is 13.0.